The fraction of sp³-hybridized carbons (Fsp3) is 0.750. The lowest BCUT2D eigenvalue weighted by atomic mass is 10.2. The third-order valence-electron chi connectivity index (χ3n) is 3.43. The summed E-state index contributed by atoms with van der Waals surface area (Å²) in [6.07, 6.45) is 1.22. The molecule has 1 unspecified atom stereocenters. The molecule has 1 fully saturated rings. The van der Waals surface area contributed by atoms with Gasteiger partial charge in [0.15, 0.2) is 0 Å². The van der Waals surface area contributed by atoms with E-state index in [1.807, 2.05) is 6.92 Å². The van der Waals surface area contributed by atoms with E-state index in [1.54, 1.807) is 0 Å². The van der Waals surface area contributed by atoms with Crippen molar-refractivity contribution in [2.45, 2.75) is 46.2 Å². The van der Waals surface area contributed by atoms with E-state index in [9.17, 15) is 0 Å². The number of aryl methyl sites for hydroxylation is 2. The van der Waals surface area contributed by atoms with Crippen molar-refractivity contribution in [3.05, 3.63) is 11.4 Å². The first-order valence-corrected chi connectivity index (χ1v) is 6.10. The van der Waals surface area contributed by atoms with E-state index in [-0.39, 0.29) is 0 Å². The van der Waals surface area contributed by atoms with Gasteiger partial charge in [-0.3, -0.25) is 10.00 Å². The van der Waals surface area contributed by atoms with Crippen LogP contribution in [0.2, 0.25) is 0 Å². The number of aromatic amines is 1. The Hall–Kier alpha value is -1.03. The summed E-state index contributed by atoms with van der Waals surface area (Å²) in [5.41, 5.74) is 3.40. The van der Waals surface area contributed by atoms with E-state index in [0.29, 0.717) is 12.1 Å². The van der Waals surface area contributed by atoms with Gasteiger partial charge in [0.2, 0.25) is 0 Å². The minimum absolute atomic E-state index is 0.567. The number of hydrogen-bond donors (Lipinski definition) is 2. The van der Waals surface area contributed by atoms with Gasteiger partial charge in [-0.2, -0.15) is 5.10 Å². The molecular weight excluding hydrogens is 200 g/mol. The van der Waals surface area contributed by atoms with Crippen LogP contribution in [0.5, 0.6) is 0 Å². The first-order chi connectivity index (χ1) is 7.58. The zero-order valence-electron chi connectivity index (χ0n) is 10.7. The van der Waals surface area contributed by atoms with Crippen LogP contribution in [0.25, 0.3) is 0 Å². The van der Waals surface area contributed by atoms with Crippen LogP contribution >= 0.6 is 0 Å². The van der Waals surface area contributed by atoms with E-state index >= 15 is 0 Å². The van der Waals surface area contributed by atoms with E-state index in [4.69, 9.17) is 0 Å². The Balaban J connectivity index is 1.97. The number of anilines is 1. The Kier molecular flexibility index (Phi) is 3.19. The molecule has 2 heterocycles. The molecule has 1 saturated heterocycles. The van der Waals surface area contributed by atoms with Crippen molar-refractivity contribution < 1.29 is 0 Å². The fourth-order valence-electron chi connectivity index (χ4n) is 2.34. The summed E-state index contributed by atoms with van der Waals surface area (Å²) >= 11 is 0. The van der Waals surface area contributed by atoms with Gasteiger partial charge in [-0.15, -0.1) is 0 Å². The standard InChI is InChI=1S/C12H22N4/c1-8(2)16-6-5-11(7-16)13-12-9(3)14-15-10(12)4/h8,11,13H,5-7H2,1-4H3,(H,14,15). The zero-order valence-corrected chi connectivity index (χ0v) is 10.7. The summed E-state index contributed by atoms with van der Waals surface area (Å²) in [4.78, 5) is 2.52. The van der Waals surface area contributed by atoms with Gasteiger partial charge in [0.05, 0.1) is 17.1 Å². The third-order valence-corrected chi connectivity index (χ3v) is 3.43. The molecule has 2 rings (SSSR count). The minimum atomic E-state index is 0.567. The highest BCUT2D eigenvalue weighted by Crippen LogP contribution is 2.21. The predicted octanol–water partition coefficient (Wildman–Crippen LogP) is 1.92. The quantitative estimate of drug-likeness (QED) is 0.821. The number of nitrogens with one attached hydrogen (secondary N) is 2. The van der Waals surface area contributed by atoms with E-state index in [0.717, 1.165) is 17.9 Å². The molecule has 4 nitrogen and oxygen atoms in total. The molecule has 0 aliphatic carbocycles. The average molecular weight is 222 g/mol. The van der Waals surface area contributed by atoms with E-state index in [1.165, 1.54) is 18.7 Å². The summed E-state index contributed by atoms with van der Waals surface area (Å²) in [7, 11) is 0. The van der Waals surface area contributed by atoms with Gasteiger partial charge < -0.3 is 5.32 Å². The molecule has 1 aromatic rings. The van der Waals surface area contributed by atoms with Gasteiger partial charge in [0, 0.05) is 25.2 Å². The molecule has 90 valence electrons. The fourth-order valence-corrected chi connectivity index (χ4v) is 2.34. The summed E-state index contributed by atoms with van der Waals surface area (Å²) < 4.78 is 0. The Morgan fingerprint density at radius 3 is 2.69 bits per heavy atom. The monoisotopic (exact) mass is 222 g/mol. The van der Waals surface area contributed by atoms with E-state index < -0.39 is 0 Å². The molecule has 0 spiro atoms. The maximum absolute atomic E-state index is 4.21. The molecule has 0 saturated carbocycles. The van der Waals surface area contributed by atoms with Gasteiger partial charge in [0.25, 0.3) is 0 Å². The summed E-state index contributed by atoms with van der Waals surface area (Å²) in [5.74, 6) is 0. The Labute approximate surface area is 97.4 Å². The van der Waals surface area contributed by atoms with Gasteiger partial charge in [-0.25, -0.2) is 0 Å². The molecule has 16 heavy (non-hydrogen) atoms. The SMILES string of the molecule is Cc1n[nH]c(C)c1NC1CCN(C(C)C)C1. The molecule has 1 aliphatic rings. The van der Waals surface area contributed by atoms with Crippen LogP contribution in [0.15, 0.2) is 0 Å². The molecule has 4 heteroatoms. The Morgan fingerprint density at radius 1 is 1.44 bits per heavy atom. The molecule has 0 radical (unpaired) electrons. The van der Waals surface area contributed by atoms with Crippen molar-refractivity contribution >= 4 is 5.69 Å². The van der Waals surface area contributed by atoms with Gasteiger partial charge >= 0.3 is 0 Å². The highest BCUT2D eigenvalue weighted by Gasteiger charge is 2.24. The lowest BCUT2D eigenvalue weighted by Gasteiger charge is -2.20. The smallest absolute Gasteiger partial charge is 0.0825 e. The lowest BCUT2D eigenvalue weighted by Crippen LogP contribution is -2.31. The van der Waals surface area contributed by atoms with Crippen molar-refractivity contribution in [3.63, 3.8) is 0 Å². The number of nitrogens with zero attached hydrogens (tertiary/aromatic N) is 2. The molecule has 0 bridgehead atoms. The van der Waals surface area contributed by atoms with Crippen molar-refractivity contribution in [1.29, 1.82) is 0 Å². The highest BCUT2D eigenvalue weighted by molar-refractivity contribution is 5.52. The summed E-state index contributed by atoms with van der Waals surface area (Å²) in [5, 5.41) is 10.8. The van der Waals surface area contributed by atoms with Gasteiger partial charge in [-0.1, -0.05) is 0 Å². The van der Waals surface area contributed by atoms with Crippen LogP contribution in [-0.2, 0) is 0 Å². The molecule has 1 aromatic heterocycles. The first kappa shape index (κ1) is 11.5. The molecule has 0 aromatic carbocycles. The first-order valence-electron chi connectivity index (χ1n) is 6.10. The third kappa shape index (κ3) is 2.21. The van der Waals surface area contributed by atoms with Crippen molar-refractivity contribution in [2.24, 2.45) is 0 Å². The van der Waals surface area contributed by atoms with E-state index in [2.05, 4.69) is 41.2 Å². The molecule has 0 amide bonds. The molecular formula is C12H22N4. The average Bonchev–Trinajstić information content (AvgIpc) is 2.80. The minimum Gasteiger partial charge on any atom is -0.378 e. The molecule has 1 atom stereocenters. The van der Waals surface area contributed by atoms with Crippen molar-refractivity contribution in [3.8, 4) is 0 Å². The summed E-state index contributed by atoms with van der Waals surface area (Å²) in [6.45, 7) is 11.0. The number of rotatable bonds is 3. The predicted molar refractivity (Wildman–Crippen MR) is 66.8 cm³/mol. The van der Waals surface area contributed by atoms with Crippen LogP contribution in [-0.4, -0.2) is 40.3 Å². The second-order valence-electron chi connectivity index (χ2n) is 5.03. The lowest BCUT2D eigenvalue weighted by molar-refractivity contribution is 0.274. The number of likely N-dealkylation sites (tertiary alicyclic amines) is 1. The normalized spacial score (nSPS) is 21.9. The van der Waals surface area contributed by atoms with Crippen LogP contribution in [0, 0.1) is 13.8 Å². The van der Waals surface area contributed by atoms with Crippen LogP contribution in [0.1, 0.15) is 31.7 Å². The zero-order chi connectivity index (χ0) is 11.7. The second kappa shape index (κ2) is 4.45. The highest BCUT2D eigenvalue weighted by atomic mass is 15.2. The Bertz CT molecular complexity index is 336. The van der Waals surface area contributed by atoms with Gasteiger partial charge in [0.1, 0.15) is 0 Å². The van der Waals surface area contributed by atoms with Gasteiger partial charge in [-0.05, 0) is 34.1 Å². The number of H-pyrrole nitrogens is 1. The van der Waals surface area contributed by atoms with Crippen LogP contribution in [0.4, 0.5) is 5.69 Å². The van der Waals surface area contributed by atoms with Crippen LogP contribution < -0.4 is 5.32 Å². The van der Waals surface area contributed by atoms with Crippen molar-refractivity contribution in [2.75, 3.05) is 18.4 Å². The second-order valence-corrected chi connectivity index (χ2v) is 5.03. The summed E-state index contributed by atoms with van der Waals surface area (Å²) in [6, 6.07) is 1.22. The Morgan fingerprint density at radius 2 is 2.19 bits per heavy atom. The number of hydrogen-bond acceptors (Lipinski definition) is 3. The van der Waals surface area contributed by atoms with Crippen LogP contribution in [0.3, 0.4) is 0 Å². The maximum atomic E-state index is 4.21. The topological polar surface area (TPSA) is 44.0 Å². The molecule has 2 N–H and O–H groups in total. The largest absolute Gasteiger partial charge is 0.378 e. The maximum Gasteiger partial charge on any atom is 0.0825 e. The van der Waals surface area contributed by atoms with Crippen molar-refractivity contribution in [1.82, 2.24) is 15.1 Å². The number of aromatic nitrogens is 2. The molecule has 1 aliphatic heterocycles.